The number of nitrogen functional groups attached to an aromatic ring is 1. The smallest absolute Gasteiger partial charge is 0.237 e. The van der Waals surface area contributed by atoms with Gasteiger partial charge < -0.3 is 15.9 Å². The molecule has 3 N–H and O–H groups in total. The first-order valence-corrected chi connectivity index (χ1v) is 11.0. The molecule has 0 aliphatic rings. The first kappa shape index (κ1) is 21.5. The summed E-state index contributed by atoms with van der Waals surface area (Å²) in [6.45, 7) is 3.81. The van der Waals surface area contributed by atoms with Crippen molar-refractivity contribution in [3.63, 3.8) is 0 Å². The number of aromatic nitrogens is 3. The van der Waals surface area contributed by atoms with Gasteiger partial charge in [0.15, 0.2) is 5.82 Å². The minimum atomic E-state index is -0.424. The summed E-state index contributed by atoms with van der Waals surface area (Å²) in [5.74, 6) is 8.02. The molecule has 32 heavy (non-hydrogen) atoms. The van der Waals surface area contributed by atoms with Gasteiger partial charge in [0, 0.05) is 11.3 Å². The van der Waals surface area contributed by atoms with Crippen LogP contribution >= 0.6 is 11.8 Å². The van der Waals surface area contributed by atoms with Crippen LogP contribution < -0.4 is 15.9 Å². The van der Waals surface area contributed by atoms with Crippen LogP contribution in [-0.2, 0) is 4.79 Å². The molecule has 0 saturated carbocycles. The van der Waals surface area contributed by atoms with E-state index in [2.05, 4.69) is 15.5 Å². The zero-order valence-corrected chi connectivity index (χ0v) is 18.5. The van der Waals surface area contributed by atoms with E-state index in [4.69, 9.17) is 10.6 Å². The van der Waals surface area contributed by atoms with Crippen molar-refractivity contribution < 1.29 is 9.53 Å². The zero-order valence-electron chi connectivity index (χ0n) is 17.7. The van der Waals surface area contributed by atoms with Crippen LogP contribution in [0, 0.1) is 6.92 Å². The number of para-hydroxylation sites is 1. The zero-order chi connectivity index (χ0) is 22.5. The average Bonchev–Trinajstić information content (AvgIpc) is 3.16. The highest BCUT2D eigenvalue weighted by Crippen LogP contribution is 2.27. The summed E-state index contributed by atoms with van der Waals surface area (Å²) in [5.41, 5.74) is 2.70. The lowest BCUT2D eigenvalue weighted by atomic mass is 10.1. The van der Waals surface area contributed by atoms with Crippen molar-refractivity contribution in [1.82, 2.24) is 14.9 Å². The van der Waals surface area contributed by atoms with Gasteiger partial charge in [-0.15, -0.1) is 10.2 Å². The highest BCUT2D eigenvalue weighted by atomic mass is 32.2. The molecule has 1 amide bonds. The molecular formula is C24H23N5O2S. The number of amides is 1. The first-order valence-electron chi connectivity index (χ1n) is 10.1. The number of benzene rings is 3. The van der Waals surface area contributed by atoms with Gasteiger partial charge in [0.25, 0.3) is 0 Å². The molecule has 3 aromatic carbocycles. The molecule has 8 heteroatoms. The Morgan fingerprint density at radius 2 is 1.62 bits per heavy atom. The molecule has 162 valence electrons. The molecule has 0 spiro atoms. The Labute approximate surface area is 190 Å². The lowest BCUT2D eigenvalue weighted by Crippen LogP contribution is -2.23. The van der Waals surface area contributed by atoms with Gasteiger partial charge in [-0.25, -0.2) is 4.68 Å². The topological polar surface area (TPSA) is 95.1 Å². The molecule has 1 heterocycles. The summed E-state index contributed by atoms with van der Waals surface area (Å²) in [6.07, 6.45) is 0. The van der Waals surface area contributed by atoms with Gasteiger partial charge in [-0.1, -0.05) is 59.8 Å². The summed E-state index contributed by atoms with van der Waals surface area (Å²) < 4.78 is 7.19. The number of nitrogens with one attached hydrogen (secondary N) is 1. The Hall–Kier alpha value is -3.78. The first-order chi connectivity index (χ1) is 15.5. The molecule has 1 aromatic heterocycles. The fourth-order valence-electron chi connectivity index (χ4n) is 2.94. The van der Waals surface area contributed by atoms with E-state index in [-0.39, 0.29) is 5.91 Å². The van der Waals surface area contributed by atoms with Gasteiger partial charge in [-0.05, 0) is 50.2 Å². The molecule has 0 saturated heterocycles. The third kappa shape index (κ3) is 5.09. The standard InChI is InChI=1S/C24H23N5O2S/c1-16-8-10-18(11-9-16)22-27-28-24(29(22)25)32-17(2)23(30)26-19-12-14-21(15-13-19)31-20-6-4-3-5-7-20/h3-15,17H,25H2,1-2H3,(H,26,30)/t17-/m0/s1. The van der Waals surface area contributed by atoms with Gasteiger partial charge >= 0.3 is 0 Å². The fourth-order valence-corrected chi connectivity index (χ4v) is 3.71. The predicted octanol–water partition coefficient (Wildman–Crippen LogP) is 4.88. The van der Waals surface area contributed by atoms with Crippen molar-refractivity contribution in [2.45, 2.75) is 24.3 Å². The molecule has 4 rings (SSSR count). The lowest BCUT2D eigenvalue weighted by Gasteiger charge is -2.12. The monoisotopic (exact) mass is 445 g/mol. The summed E-state index contributed by atoms with van der Waals surface area (Å²) >= 11 is 1.25. The normalized spacial score (nSPS) is 11.7. The number of hydrogen-bond acceptors (Lipinski definition) is 6. The molecule has 7 nitrogen and oxygen atoms in total. The van der Waals surface area contributed by atoms with Crippen LogP contribution in [0.2, 0.25) is 0 Å². The number of aryl methyl sites for hydroxylation is 1. The number of hydrogen-bond donors (Lipinski definition) is 2. The maximum atomic E-state index is 12.7. The van der Waals surface area contributed by atoms with Crippen LogP contribution in [0.25, 0.3) is 11.4 Å². The fraction of sp³-hybridized carbons (Fsp3) is 0.125. The Bertz CT molecular complexity index is 1190. The quantitative estimate of drug-likeness (QED) is 0.311. The van der Waals surface area contributed by atoms with E-state index in [0.29, 0.717) is 22.4 Å². The maximum Gasteiger partial charge on any atom is 0.237 e. The summed E-state index contributed by atoms with van der Waals surface area (Å²) in [5, 5.41) is 11.3. The molecule has 0 bridgehead atoms. The van der Waals surface area contributed by atoms with E-state index in [0.717, 1.165) is 16.9 Å². The minimum absolute atomic E-state index is 0.161. The second kappa shape index (κ2) is 9.57. The average molecular weight is 446 g/mol. The number of anilines is 1. The van der Waals surface area contributed by atoms with Crippen molar-refractivity contribution in [1.29, 1.82) is 0 Å². The third-order valence-electron chi connectivity index (χ3n) is 4.73. The summed E-state index contributed by atoms with van der Waals surface area (Å²) in [6, 6.07) is 24.6. The number of carbonyl (C=O) groups is 1. The Morgan fingerprint density at radius 3 is 2.31 bits per heavy atom. The van der Waals surface area contributed by atoms with Crippen LogP contribution in [0.15, 0.2) is 84.0 Å². The molecule has 0 aliphatic carbocycles. The van der Waals surface area contributed by atoms with Crippen LogP contribution in [-0.4, -0.2) is 26.0 Å². The van der Waals surface area contributed by atoms with E-state index in [9.17, 15) is 4.79 Å². The van der Waals surface area contributed by atoms with Gasteiger partial charge in [0.2, 0.25) is 11.1 Å². The number of thioether (sulfide) groups is 1. The van der Waals surface area contributed by atoms with Crippen LogP contribution in [0.4, 0.5) is 5.69 Å². The molecule has 4 aromatic rings. The molecule has 0 radical (unpaired) electrons. The largest absolute Gasteiger partial charge is 0.457 e. The van der Waals surface area contributed by atoms with Gasteiger partial charge in [-0.3, -0.25) is 4.79 Å². The van der Waals surface area contributed by atoms with E-state index >= 15 is 0 Å². The van der Waals surface area contributed by atoms with E-state index < -0.39 is 5.25 Å². The van der Waals surface area contributed by atoms with Gasteiger partial charge in [0.05, 0.1) is 5.25 Å². The highest BCUT2D eigenvalue weighted by Gasteiger charge is 2.20. The van der Waals surface area contributed by atoms with Crippen LogP contribution in [0.1, 0.15) is 12.5 Å². The predicted molar refractivity (Wildman–Crippen MR) is 127 cm³/mol. The van der Waals surface area contributed by atoms with Crippen molar-refractivity contribution in [2.75, 3.05) is 11.2 Å². The number of rotatable bonds is 7. The van der Waals surface area contributed by atoms with Gasteiger partial charge in [0.1, 0.15) is 11.5 Å². The SMILES string of the molecule is Cc1ccc(-c2nnc(S[C@@H](C)C(=O)Nc3ccc(Oc4ccccc4)cc3)n2N)cc1. The number of nitrogens with two attached hydrogens (primary N) is 1. The second-order valence-electron chi connectivity index (χ2n) is 7.23. The van der Waals surface area contributed by atoms with E-state index in [1.54, 1.807) is 19.1 Å². The van der Waals surface area contributed by atoms with Crippen molar-refractivity contribution >= 4 is 23.4 Å². The number of ether oxygens (including phenoxy) is 1. The second-order valence-corrected chi connectivity index (χ2v) is 8.54. The summed E-state index contributed by atoms with van der Waals surface area (Å²) in [4.78, 5) is 12.7. The number of carbonyl (C=O) groups excluding carboxylic acids is 1. The molecule has 0 fully saturated rings. The lowest BCUT2D eigenvalue weighted by molar-refractivity contribution is -0.115. The Morgan fingerprint density at radius 1 is 0.969 bits per heavy atom. The van der Waals surface area contributed by atoms with Gasteiger partial charge in [-0.2, -0.15) is 0 Å². The minimum Gasteiger partial charge on any atom is -0.457 e. The molecular weight excluding hydrogens is 422 g/mol. The molecule has 0 unspecified atom stereocenters. The molecule has 0 aliphatic heterocycles. The maximum absolute atomic E-state index is 12.7. The summed E-state index contributed by atoms with van der Waals surface area (Å²) in [7, 11) is 0. The van der Waals surface area contributed by atoms with Crippen molar-refractivity contribution in [2.24, 2.45) is 0 Å². The highest BCUT2D eigenvalue weighted by molar-refractivity contribution is 8.00. The van der Waals surface area contributed by atoms with E-state index in [1.165, 1.54) is 16.4 Å². The Kier molecular flexibility index (Phi) is 6.42. The van der Waals surface area contributed by atoms with Crippen LogP contribution in [0.3, 0.4) is 0 Å². The molecule has 1 atom stereocenters. The van der Waals surface area contributed by atoms with E-state index in [1.807, 2.05) is 73.7 Å². The third-order valence-corrected chi connectivity index (χ3v) is 5.78. The Balaban J connectivity index is 1.36. The van der Waals surface area contributed by atoms with Crippen molar-refractivity contribution in [3.8, 4) is 22.9 Å². The van der Waals surface area contributed by atoms with Crippen LogP contribution in [0.5, 0.6) is 11.5 Å². The number of nitrogens with zero attached hydrogens (tertiary/aromatic N) is 3. The van der Waals surface area contributed by atoms with Crippen molar-refractivity contribution in [3.05, 3.63) is 84.4 Å².